The Morgan fingerprint density at radius 1 is 1.12 bits per heavy atom. The number of aromatic nitrogens is 1. The lowest BCUT2D eigenvalue weighted by molar-refractivity contribution is 0.112. The highest BCUT2D eigenvalue weighted by atomic mass is 16.1. The third-order valence-electron chi connectivity index (χ3n) is 3.08. The van der Waals surface area contributed by atoms with E-state index in [-0.39, 0.29) is 0 Å². The maximum Gasteiger partial charge on any atom is 0.150 e. The molecule has 1 aromatic carbocycles. The molecule has 0 radical (unpaired) electrons. The number of hydrogen-bond donors (Lipinski definition) is 0. The van der Waals surface area contributed by atoms with Crippen LogP contribution in [0.3, 0.4) is 0 Å². The Morgan fingerprint density at radius 2 is 2.00 bits per heavy atom. The van der Waals surface area contributed by atoms with Crippen molar-refractivity contribution in [2.75, 3.05) is 0 Å². The van der Waals surface area contributed by atoms with E-state index in [0.717, 1.165) is 35.9 Å². The summed E-state index contributed by atoms with van der Waals surface area (Å²) in [5.41, 5.74) is 5.44. The van der Waals surface area contributed by atoms with Gasteiger partial charge >= 0.3 is 0 Å². The lowest BCUT2D eigenvalue weighted by atomic mass is 9.88. The van der Waals surface area contributed by atoms with Crippen LogP contribution < -0.4 is 0 Å². The topological polar surface area (TPSA) is 30.0 Å². The summed E-state index contributed by atoms with van der Waals surface area (Å²) in [7, 11) is 0. The Balaban J connectivity index is 2.25. The quantitative estimate of drug-likeness (QED) is 0.676. The van der Waals surface area contributed by atoms with Gasteiger partial charge in [-0.05, 0) is 36.1 Å². The van der Waals surface area contributed by atoms with Crippen LogP contribution in [-0.4, -0.2) is 11.3 Å². The molecule has 2 aromatic rings. The molecular formula is C14H11NO. The van der Waals surface area contributed by atoms with Crippen molar-refractivity contribution in [3.05, 3.63) is 53.2 Å². The Bertz CT molecular complexity index is 560. The average molecular weight is 209 g/mol. The van der Waals surface area contributed by atoms with E-state index in [9.17, 15) is 4.79 Å². The van der Waals surface area contributed by atoms with Gasteiger partial charge < -0.3 is 0 Å². The number of rotatable bonds is 1. The predicted molar refractivity (Wildman–Crippen MR) is 62.5 cm³/mol. The normalized spacial score (nSPS) is 12.8. The van der Waals surface area contributed by atoms with Crippen LogP contribution in [0.15, 0.2) is 36.5 Å². The molecule has 0 bridgehead atoms. The standard InChI is InChI=1S/C14H11NO/c16-9-10-3-4-11-5-6-12-2-1-7-15-14(12)13(11)8-10/h1-4,7-9H,5-6H2. The van der Waals surface area contributed by atoms with Crippen LogP contribution in [0.25, 0.3) is 11.3 Å². The fraction of sp³-hybridized carbons (Fsp3) is 0.143. The first kappa shape index (κ1) is 9.28. The smallest absolute Gasteiger partial charge is 0.150 e. The number of pyridine rings is 1. The van der Waals surface area contributed by atoms with E-state index < -0.39 is 0 Å². The van der Waals surface area contributed by atoms with Gasteiger partial charge in [-0.1, -0.05) is 18.2 Å². The SMILES string of the molecule is O=Cc1ccc2c(c1)-c1ncccc1CC2. The number of aryl methyl sites for hydroxylation is 2. The van der Waals surface area contributed by atoms with Crippen LogP contribution in [0, 0.1) is 0 Å². The Kier molecular flexibility index (Phi) is 2.07. The van der Waals surface area contributed by atoms with Gasteiger partial charge in [-0.15, -0.1) is 0 Å². The van der Waals surface area contributed by atoms with Crippen molar-refractivity contribution < 1.29 is 4.79 Å². The van der Waals surface area contributed by atoms with Gasteiger partial charge in [-0.3, -0.25) is 9.78 Å². The molecule has 0 unspecified atom stereocenters. The molecule has 0 N–H and O–H groups in total. The Hall–Kier alpha value is -1.96. The average Bonchev–Trinajstić information content (AvgIpc) is 2.38. The first-order valence-corrected chi connectivity index (χ1v) is 5.41. The zero-order valence-electron chi connectivity index (χ0n) is 8.81. The summed E-state index contributed by atoms with van der Waals surface area (Å²) in [5.74, 6) is 0. The minimum atomic E-state index is 0.720. The summed E-state index contributed by atoms with van der Waals surface area (Å²) in [5, 5.41) is 0. The van der Waals surface area contributed by atoms with Crippen molar-refractivity contribution in [2.45, 2.75) is 12.8 Å². The first-order valence-electron chi connectivity index (χ1n) is 5.41. The molecule has 1 aliphatic carbocycles. The molecule has 1 aliphatic rings. The van der Waals surface area contributed by atoms with E-state index in [0.29, 0.717) is 0 Å². The molecule has 1 aromatic heterocycles. The van der Waals surface area contributed by atoms with Gasteiger partial charge in [0.1, 0.15) is 6.29 Å². The van der Waals surface area contributed by atoms with Gasteiger partial charge in [0.15, 0.2) is 0 Å². The number of aldehydes is 1. The summed E-state index contributed by atoms with van der Waals surface area (Å²) in [4.78, 5) is 15.2. The molecule has 0 spiro atoms. The highest BCUT2D eigenvalue weighted by Crippen LogP contribution is 2.31. The fourth-order valence-corrected chi connectivity index (χ4v) is 2.26. The molecule has 2 nitrogen and oxygen atoms in total. The molecule has 78 valence electrons. The maximum absolute atomic E-state index is 10.8. The molecule has 0 fully saturated rings. The molecule has 0 atom stereocenters. The molecular weight excluding hydrogens is 198 g/mol. The van der Waals surface area contributed by atoms with Crippen molar-refractivity contribution in [3.63, 3.8) is 0 Å². The molecule has 1 heterocycles. The molecule has 2 heteroatoms. The third kappa shape index (κ3) is 1.34. The summed E-state index contributed by atoms with van der Waals surface area (Å²) < 4.78 is 0. The number of nitrogens with zero attached hydrogens (tertiary/aromatic N) is 1. The zero-order chi connectivity index (χ0) is 11.0. The van der Waals surface area contributed by atoms with E-state index in [1.807, 2.05) is 30.5 Å². The summed E-state index contributed by atoms with van der Waals surface area (Å²) >= 11 is 0. The third-order valence-corrected chi connectivity index (χ3v) is 3.08. The number of fused-ring (bicyclic) bond motifs is 3. The monoisotopic (exact) mass is 209 g/mol. The summed E-state index contributed by atoms with van der Waals surface area (Å²) in [6, 6.07) is 9.93. The molecule has 3 rings (SSSR count). The highest BCUT2D eigenvalue weighted by molar-refractivity contribution is 5.80. The minimum Gasteiger partial charge on any atom is -0.298 e. The van der Waals surface area contributed by atoms with Gasteiger partial charge in [0, 0.05) is 17.3 Å². The molecule has 0 saturated carbocycles. The van der Waals surface area contributed by atoms with Crippen molar-refractivity contribution in [1.82, 2.24) is 4.98 Å². The van der Waals surface area contributed by atoms with Crippen LogP contribution in [0.4, 0.5) is 0 Å². The summed E-state index contributed by atoms with van der Waals surface area (Å²) in [6.07, 6.45) is 4.77. The van der Waals surface area contributed by atoms with Crippen molar-refractivity contribution in [2.24, 2.45) is 0 Å². The molecule has 0 aliphatic heterocycles. The van der Waals surface area contributed by atoms with Gasteiger partial charge in [-0.25, -0.2) is 0 Å². The van der Waals surface area contributed by atoms with E-state index in [1.54, 1.807) is 0 Å². The predicted octanol–water partition coefficient (Wildman–Crippen LogP) is 2.66. The van der Waals surface area contributed by atoms with Gasteiger partial charge in [0.05, 0.1) is 5.69 Å². The number of hydrogen-bond acceptors (Lipinski definition) is 2. The van der Waals surface area contributed by atoms with Crippen LogP contribution in [0.1, 0.15) is 21.5 Å². The summed E-state index contributed by atoms with van der Waals surface area (Å²) in [6.45, 7) is 0. The fourth-order valence-electron chi connectivity index (χ4n) is 2.26. The van der Waals surface area contributed by atoms with Gasteiger partial charge in [-0.2, -0.15) is 0 Å². The van der Waals surface area contributed by atoms with Crippen molar-refractivity contribution in [1.29, 1.82) is 0 Å². The van der Waals surface area contributed by atoms with E-state index in [4.69, 9.17) is 0 Å². The van der Waals surface area contributed by atoms with Crippen LogP contribution in [0.5, 0.6) is 0 Å². The van der Waals surface area contributed by atoms with Crippen LogP contribution >= 0.6 is 0 Å². The molecule has 0 amide bonds. The van der Waals surface area contributed by atoms with Crippen LogP contribution in [0.2, 0.25) is 0 Å². The van der Waals surface area contributed by atoms with Crippen molar-refractivity contribution >= 4 is 6.29 Å². The van der Waals surface area contributed by atoms with E-state index in [1.165, 1.54) is 11.1 Å². The van der Waals surface area contributed by atoms with E-state index in [2.05, 4.69) is 11.1 Å². The Morgan fingerprint density at radius 3 is 2.88 bits per heavy atom. The lowest BCUT2D eigenvalue weighted by Gasteiger charge is -2.18. The highest BCUT2D eigenvalue weighted by Gasteiger charge is 2.16. The second-order valence-electron chi connectivity index (χ2n) is 4.05. The zero-order valence-corrected chi connectivity index (χ0v) is 8.81. The molecule has 0 saturated heterocycles. The van der Waals surface area contributed by atoms with Gasteiger partial charge in [0.2, 0.25) is 0 Å². The second kappa shape index (κ2) is 3.56. The Labute approximate surface area is 94.0 Å². The number of carbonyl (C=O) groups is 1. The van der Waals surface area contributed by atoms with E-state index >= 15 is 0 Å². The van der Waals surface area contributed by atoms with Crippen LogP contribution in [-0.2, 0) is 12.8 Å². The second-order valence-corrected chi connectivity index (χ2v) is 4.05. The maximum atomic E-state index is 10.8. The van der Waals surface area contributed by atoms with Gasteiger partial charge in [0.25, 0.3) is 0 Å². The number of benzene rings is 1. The minimum absolute atomic E-state index is 0.720. The lowest BCUT2D eigenvalue weighted by Crippen LogP contribution is -2.05. The van der Waals surface area contributed by atoms with Crippen molar-refractivity contribution in [3.8, 4) is 11.3 Å². The largest absolute Gasteiger partial charge is 0.298 e. The number of carbonyl (C=O) groups excluding carboxylic acids is 1. The molecule has 16 heavy (non-hydrogen) atoms. The first-order chi connectivity index (χ1) is 7.88.